The summed E-state index contributed by atoms with van der Waals surface area (Å²) in [5, 5.41) is 10.4. The van der Waals surface area contributed by atoms with E-state index in [2.05, 4.69) is 21.2 Å². The minimum Gasteiger partial charge on any atom is -0.481 e. The van der Waals surface area contributed by atoms with Gasteiger partial charge in [-0.2, -0.15) is 0 Å². The molecule has 0 heterocycles. The number of hydrogen-bond donors (Lipinski definition) is 2. The van der Waals surface area contributed by atoms with Crippen molar-refractivity contribution in [2.45, 2.75) is 12.8 Å². The van der Waals surface area contributed by atoms with Gasteiger partial charge in [0.25, 0.3) is 0 Å². The SMILES string of the molecule is O=C(O)CCC(=O)Nc1cc(F)c(Br)cc1F. The molecule has 0 aliphatic rings. The Morgan fingerprint density at radius 2 is 1.88 bits per heavy atom. The van der Waals surface area contributed by atoms with Crippen molar-refractivity contribution in [3.05, 3.63) is 28.2 Å². The summed E-state index contributed by atoms with van der Waals surface area (Å²) in [5.74, 6) is -3.35. The number of anilines is 1. The van der Waals surface area contributed by atoms with Crippen LogP contribution in [0.2, 0.25) is 0 Å². The monoisotopic (exact) mass is 307 g/mol. The van der Waals surface area contributed by atoms with Gasteiger partial charge in [0.2, 0.25) is 5.91 Å². The Morgan fingerprint density at radius 1 is 1.24 bits per heavy atom. The van der Waals surface area contributed by atoms with Crippen LogP contribution in [0, 0.1) is 11.6 Å². The number of nitrogens with one attached hydrogen (secondary N) is 1. The highest BCUT2D eigenvalue weighted by Crippen LogP contribution is 2.23. The number of halogens is 3. The molecule has 0 saturated heterocycles. The second-order valence-corrected chi connectivity index (χ2v) is 4.04. The van der Waals surface area contributed by atoms with Gasteiger partial charge in [-0.15, -0.1) is 0 Å². The van der Waals surface area contributed by atoms with Crippen molar-refractivity contribution in [2.75, 3.05) is 5.32 Å². The van der Waals surface area contributed by atoms with Crippen LogP contribution in [0.1, 0.15) is 12.8 Å². The minimum absolute atomic E-state index is 0.0569. The summed E-state index contributed by atoms with van der Waals surface area (Å²) in [6.45, 7) is 0. The summed E-state index contributed by atoms with van der Waals surface area (Å²) in [6.07, 6.45) is -0.668. The van der Waals surface area contributed by atoms with Gasteiger partial charge in [-0.3, -0.25) is 9.59 Å². The highest BCUT2D eigenvalue weighted by Gasteiger charge is 2.11. The summed E-state index contributed by atoms with van der Waals surface area (Å²) in [6, 6.07) is 1.69. The molecule has 0 unspecified atom stereocenters. The predicted molar refractivity (Wildman–Crippen MR) is 59.6 cm³/mol. The number of benzene rings is 1. The Bertz CT molecular complexity index is 465. The van der Waals surface area contributed by atoms with Gasteiger partial charge in [-0.05, 0) is 22.0 Å². The predicted octanol–water partition coefficient (Wildman–Crippen LogP) is 2.53. The van der Waals surface area contributed by atoms with E-state index in [1.807, 2.05) is 0 Å². The third-order valence-electron chi connectivity index (χ3n) is 1.85. The Labute approximate surface area is 104 Å². The Kier molecular flexibility index (Phi) is 4.56. The highest BCUT2D eigenvalue weighted by atomic mass is 79.9. The van der Waals surface area contributed by atoms with Crippen LogP contribution in [0.25, 0.3) is 0 Å². The molecule has 1 aromatic rings. The Hall–Kier alpha value is -1.50. The first kappa shape index (κ1) is 13.6. The van der Waals surface area contributed by atoms with Gasteiger partial charge < -0.3 is 10.4 Å². The Balaban J connectivity index is 2.71. The van der Waals surface area contributed by atoms with E-state index in [0.717, 1.165) is 12.1 Å². The van der Waals surface area contributed by atoms with Crippen LogP contribution in [0.15, 0.2) is 16.6 Å². The van der Waals surface area contributed by atoms with Gasteiger partial charge in [0.05, 0.1) is 16.6 Å². The van der Waals surface area contributed by atoms with Crippen LogP contribution >= 0.6 is 15.9 Å². The number of carbonyl (C=O) groups excluding carboxylic acids is 1. The average Bonchev–Trinajstić information content (AvgIpc) is 2.23. The molecule has 0 spiro atoms. The van der Waals surface area contributed by atoms with E-state index in [0.29, 0.717) is 0 Å². The van der Waals surface area contributed by atoms with Crippen molar-refractivity contribution in [3.8, 4) is 0 Å². The van der Waals surface area contributed by atoms with E-state index in [1.165, 1.54) is 0 Å². The molecule has 7 heteroatoms. The van der Waals surface area contributed by atoms with E-state index >= 15 is 0 Å². The molecule has 0 atom stereocenters. The lowest BCUT2D eigenvalue weighted by Gasteiger charge is -2.06. The van der Waals surface area contributed by atoms with E-state index < -0.39 is 23.5 Å². The normalized spacial score (nSPS) is 10.1. The molecule has 0 aromatic heterocycles. The van der Waals surface area contributed by atoms with Gasteiger partial charge in [0, 0.05) is 12.5 Å². The fourth-order valence-electron chi connectivity index (χ4n) is 1.05. The summed E-state index contributed by atoms with van der Waals surface area (Å²) < 4.78 is 26.3. The molecule has 4 nitrogen and oxygen atoms in total. The van der Waals surface area contributed by atoms with Crippen LogP contribution in [0.3, 0.4) is 0 Å². The summed E-state index contributed by atoms with van der Waals surface area (Å²) in [7, 11) is 0. The smallest absolute Gasteiger partial charge is 0.303 e. The third kappa shape index (κ3) is 4.10. The van der Waals surface area contributed by atoms with Crippen LogP contribution in [0.4, 0.5) is 14.5 Å². The summed E-state index contributed by atoms with van der Waals surface area (Å²) >= 11 is 2.79. The van der Waals surface area contributed by atoms with Gasteiger partial charge in [0.1, 0.15) is 11.6 Å². The zero-order valence-corrected chi connectivity index (χ0v) is 10.1. The molecule has 0 fully saturated rings. The molecule has 0 bridgehead atoms. The molecule has 17 heavy (non-hydrogen) atoms. The molecule has 0 radical (unpaired) electrons. The van der Waals surface area contributed by atoms with Crippen LogP contribution in [0.5, 0.6) is 0 Å². The second kappa shape index (κ2) is 5.72. The van der Waals surface area contributed by atoms with Crippen molar-refractivity contribution >= 4 is 33.5 Å². The zero-order chi connectivity index (χ0) is 13.0. The molecule has 1 aromatic carbocycles. The standard InChI is InChI=1S/C10H8BrF2NO3/c11-5-3-7(13)8(4-6(5)12)14-9(15)1-2-10(16)17/h3-4H,1-2H2,(H,14,15)(H,16,17). The van der Waals surface area contributed by atoms with Crippen molar-refractivity contribution in [2.24, 2.45) is 0 Å². The molecular weight excluding hydrogens is 300 g/mol. The molecule has 1 amide bonds. The van der Waals surface area contributed by atoms with Crippen molar-refractivity contribution in [3.63, 3.8) is 0 Å². The zero-order valence-electron chi connectivity index (χ0n) is 8.47. The molecule has 0 aliphatic heterocycles. The molecule has 2 N–H and O–H groups in total. The number of carbonyl (C=O) groups is 2. The second-order valence-electron chi connectivity index (χ2n) is 3.19. The Morgan fingerprint density at radius 3 is 2.47 bits per heavy atom. The molecule has 0 saturated carbocycles. The van der Waals surface area contributed by atoms with Gasteiger partial charge in [-0.25, -0.2) is 8.78 Å². The summed E-state index contributed by atoms with van der Waals surface area (Å²) in [5.41, 5.74) is -0.318. The molecule has 1 rings (SSSR count). The maximum atomic E-state index is 13.3. The van der Waals surface area contributed by atoms with Crippen molar-refractivity contribution in [1.29, 1.82) is 0 Å². The largest absolute Gasteiger partial charge is 0.481 e. The van der Waals surface area contributed by atoms with E-state index in [1.54, 1.807) is 0 Å². The number of aliphatic carboxylic acids is 1. The first-order valence-electron chi connectivity index (χ1n) is 4.56. The minimum atomic E-state index is -1.14. The van der Waals surface area contributed by atoms with Crippen LogP contribution in [-0.4, -0.2) is 17.0 Å². The fraction of sp³-hybridized carbons (Fsp3) is 0.200. The lowest BCUT2D eigenvalue weighted by atomic mass is 10.2. The van der Waals surface area contributed by atoms with Crippen LogP contribution in [-0.2, 0) is 9.59 Å². The molecule has 92 valence electrons. The van der Waals surface area contributed by atoms with E-state index in [9.17, 15) is 18.4 Å². The molecule has 0 aliphatic carbocycles. The molecular formula is C10H8BrF2NO3. The van der Waals surface area contributed by atoms with Crippen molar-refractivity contribution < 1.29 is 23.5 Å². The first-order chi connectivity index (χ1) is 7.90. The number of rotatable bonds is 4. The van der Waals surface area contributed by atoms with E-state index in [-0.39, 0.29) is 23.0 Å². The number of carboxylic acids is 1. The average molecular weight is 308 g/mol. The van der Waals surface area contributed by atoms with Crippen molar-refractivity contribution in [1.82, 2.24) is 0 Å². The van der Waals surface area contributed by atoms with Crippen LogP contribution < -0.4 is 5.32 Å². The fourth-order valence-corrected chi connectivity index (χ4v) is 1.37. The topological polar surface area (TPSA) is 66.4 Å². The number of hydrogen-bond acceptors (Lipinski definition) is 2. The maximum Gasteiger partial charge on any atom is 0.303 e. The highest BCUT2D eigenvalue weighted by molar-refractivity contribution is 9.10. The third-order valence-corrected chi connectivity index (χ3v) is 2.46. The number of amides is 1. The lowest BCUT2D eigenvalue weighted by Crippen LogP contribution is -2.14. The van der Waals surface area contributed by atoms with Gasteiger partial charge in [0.15, 0.2) is 0 Å². The van der Waals surface area contributed by atoms with Gasteiger partial charge >= 0.3 is 5.97 Å². The maximum absolute atomic E-state index is 13.3. The quantitative estimate of drug-likeness (QED) is 0.840. The van der Waals surface area contributed by atoms with Gasteiger partial charge in [-0.1, -0.05) is 0 Å². The summed E-state index contributed by atoms with van der Waals surface area (Å²) in [4.78, 5) is 21.4. The first-order valence-corrected chi connectivity index (χ1v) is 5.35. The van der Waals surface area contributed by atoms with E-state index in [4.69, 9.17) is 5.11 Å². The lowest BCUT2D eigenvalue weighted by molar-refractivity contribution is -0.138. The number of carboxylic acid groups (broad SMARTS) is 1.